The minimum atomic E-state index is -0.822. The number of nitrogens with one attached hydrogen (secondary N) is 7. The molecule has 1 unspecified atom stereocenters. The molecule has 0 radical (unpaired) electrons. The summed E-state index contributed by atoms with van der Waals surface area (Å²) in [5.74, 6) is -0.501. The first-order valence-electron chi connectivity index (χ1n) is 7.86. The van der Waals surface area contributed by atoms with Gasteiger partial charge in [-0.25, -0.2) is 24.6 Å². The Bertz CT molecular complexity index is 556. The second-order valence-electron chi connectivity index (χ2n) is 5.35. The molecule has 0 aliphatic rings. The van der Waals surface area contributed by atoms with Crippen LogP contribution in [0.4, 0.5) is 19.2 Å². The summed E-state index contributed by atoms with van der Waals surface area (Å²) in [7, 11) is 5.74. The molecule has 0 spiro atoms. The van der Waals surface area contributed by atoms with Crippen molar-refractivity contribution in [3.63, 3.8) is 0 Å². The summed E-state index contributed by atoms with van der Waals surface area (Å²) in [4.78, 5) is 59.9. The Morgan fingerprint density at radius 3 is 2.07 bits per heavy atom. The molecule has 27 heavy (non-hydrogen) atoms. The summed E-state index contributed by atoms with van der Waals surface area (Å²) in [5.41, 5.74) is 4.83. The highest BCUT2D eigenvalue weighted by molar-refractivity contribution is 5.95. The molecule has 0 saturated carbocycles. The van der Waals surface area contributed by atoms with Gasteiger partial charge in [-0.1, -0.05) is 0 Å². The van der Waals surface area contributed by atoms with E-state index < -0.39 is 30.0 Å². The van der Waals surface area contributed by atoms with Gasteiger partial charge in [0.05, 0.1) is 12.8 Å². The number of carbonyl (C=O) groups excluding carboxylic acids is 5. The van der Waals surface area contributed by atoms with Crippen molar-refractivity contribution in [1.29, 1.82) is 0 Å². The number of nitrogens with zero attached hydrogens (tertiary/aromatic N) is 2. The van der Waals surface area contributed by atoms with E-state index in [1.54, 1.807) is 14.0 Å². The third-order valence-corrected chi connectivity index (χ3v) is 3.13. The Hall–Kier alpha value is -3.13. The Morgan fingerprint density at radius 2 is 1.52 bits per heavy atom. The fourth-order valence-electron chi connectivity index (χ4n) is 1.35. The molecule has 0 aromatic heterocycles. The van der Waals surface area contributed by atoms with Crippen LogP contribution in [0.25, 0.3) is 0 Å². The number of hydrazine groups is 1. The molecule has 0 aliphatic carbocycles. The maximum atomic E-state index is 12.0. The summed E-state index contributed by atoms with van der Waals surface area (Å²) in [6.07, 6.45) is -0.208. The highest BCUT2D eigenvalue weighted by Gasteiger charge is 2.18. The van der Waals surface area contributed by atoms with Crippen molar-refractivity contribution in [2.24, 2.45) is 0 Å². The molecule has 0 heterocycles. The molecule has 7 N–H and O–H groups in total. The highest BCUT2D eigenvalue weighted by Crippen LogP contribution is 1.90. The lowest BCUT2D eigenvalue weighted by atomic mass is 10.5. The third-order valence-electron chi connectivity index (χ3n) is 3.13. The molecule has 14 heteroatoms. The van der Waals surface area contributed by atoms with E-state index in [0.29, 0.717) is 0 Å². The van der Waals surface area contributed by atoms with Crippen LogP contribution in [-0.4, -0.2) is 87.4 Å². The van der Waals surface area contributed by atoms with E-state index in [9.17, 15) is 24.0 Å². The van der Waals surface area contributed by atoms with Crippen LogP contribution in [0.5, 0.6) is 0 Å². The molecular weight excluding hydrogens is 362 g/mol. The lowest BCUT2D eigenvalue weighted by Gasteiger charge is -2.22. The van der Waals surface area contributed by atoms with Crippen LogP contribution in [0.3, 0.4) is 0 Å². The van der Waals surface area contributed by atoms with Gasteiger partial charge in [0.1, 0.15) is 6.54 Å². The quantitative estimate of drug-likeness (QED) is 0.185. The molecule has 0 aliphatic heterocycles. The lowest BCUT2D eigenvalue weighted by Crippen LogP contribution is -2.55. The zero-order valence-electron chi connectivity index (χ0n) is 15.9. The molecule has 1 atom stereocenters. The van der Waals surface area contributed by atoms with Gasteiger partial charge in [-0.3, -0.25) is 20.9 Å². The van der Waals surface area contributed by atoms with Gasteiger partial charge in [0.2, 0.25) is 5.91 Å². The fourth-order valence-corrected chi connectivity index (χ4v) is 1.35. The van der Waals surface area contributed by atoms with Crippen LogP contribution in [-0.2, 0) is 4.79 Å². The first kappa shape index (κ1) is 23.9. The van der Waals surface area contributed by atoms with Crippen molar-refractivity contribution in [2.45, 2.75) is 13.1 Å². The van der Waals surface area contributed by atoms with Gasteiger partial charge in [0.25, 0.3) is 0 Å². The van der Waals surface area contributed by atoms with Gasteiger partial charge in [0.15, 0.2) is 0 Å². The fraction of sp³-hybridized carbons (Fsp3) is 0.615. The van der Waals surface area contributed by atoms with Crippen molar-refractivity contribution in [3.05, 3.63) is 0 Å². The third kappa shape index (κ3) is 10.5. The van der Waals surface area contributed by atoms with E-state index in [1.165, 1.54) is 21.1 Å². The van der Waals surface area contributed by atoms with Crippen LogP contribution >= 0.6 is 0 Å². The van der Waals surface area contributed by atoms with Crippen molar-refractivity contribution < 1.29 is 24.0 Å². The Labute approximate surface area is 156 Å². The molecule has 0 aromatic rings. The van der Waals surface area contributed by atoms with Gasteiger partial charge in [-0.05, 0) is 14.0 Å². The van der Waals surface area contributed by atoms with Crippen LogP contribution in [0.2, 0.25) is 0 Å². The Balaban J connectivity index is 4.21. The number of likely N-dealkylation sites (N-methyl/N-ethyl adjacent to an activating group) is 2. The predicted octanol–water partition coefficient (Wildman–Crippen LogP) is -2.54. The van der Waals surface area contributed by atoms with Crippen LogP contribution in [0.15, 0.2) is 0 Å². The zero-order chi connectivity index (χ0) is 21.0. The molecule has 0 bridgehead atoms. The van der Waals surface area contributed by atoms with Gasteiger partial charge in [-0.2, -0.15) is 0 Å². The Kier molecular flexibility index (Phi) is 10.8. The van der Waals surface area contributed by atoms with Crippen molar-refractivity contribution in [1.82, 2.24) is 47.2 Å². The van der Waals surface area contributed by atoms with E-state index in [1.807, 2.05) is 10.6 Å². The largest absolute Gasteiger partial charge is 0.341 e. The maximum Gasteiger partial charge on any atom is 0.337 e. The average molecular weight is 389 g/mol. The molecular formula is C13H27N9O5. The molecule has 14 nitrogen and oxygen atoms in total. The summed E-state index contributed by atoms with van der Waals surface area (Å²) in [5, 5.41) is 11.3. The smallest absolute Gasteiger partial charge is 0.337 e. The summed E-state index contributed by atoms with van der Waals surface area (Å²) in [6.45, 7) is 1.21. The number of urea groups is 4. The number of amides is 9. The number of hydrogen-bond donors (Lipinski definition) is 7. The summed E-state index contributed by atoms with van der Waals surface area (Å²) >= 11 is 0. The number of rotatable bonds is 7. The average Bonchev–Trinajstić information content (AvgIpc) is 2.63. The molecule has 154 valence electrons. The number of carbonyl (C=O) groups is 5. The van der Waals surface area contributed by atoms with Crippen LogP contribution in [0.1, 0.15) is 6.92 Å². The van der Waals surface area contributed by atoms with Gasteiger partial charge < -0.3 is 25.8 Å². The first-order valence-corrected chi connectivity index (χ1v) is 7.86. The second kappa shape index (κ2) is 12.3. The predicted molar refractivity (Wildman–Crippen MR) is 95.1 cm³/mol. The molecule has 0 saturated heterocycles. The number of hydrogen-bond acceptors (Lipinski definition) is 7. The first-order chi connectivity index (χ1) is 12.6. The van der Waals surface area contributed by atoms with E-state index in [2.05, 4.69) is 26.8 Å². The SMILES string of the molecule is CNC(=O)NC(=O)N(C)CC(=O)N(C)CNC(=O)NC(=O)NNC(C)NC. The minimum absolute atomic E-state index is 0.205. The monoisotopic (exact) mass is 389 g/mol. The maximum absolute atomic E-state index is 12.0. The van der Waals surface area contributed by atoms with E-state index in [4.69, 9.17) is 0 Å². The van der Waals surface area contributed by atoms with Gasteiger partial charge >= 0.3 is 24.1 Å². The Morgan fingerprint density at radius 1 is 0.889 bits per heavy atom. The van der Waals surface area contributed by atoms with Crippen molar-refractivity contribution in [2.75, 3.05) is 41.4 Å². The normalized spacial score (nSPS) is 10.9. The zero-order valence-corrected chi connectivity index (χ0v) is 15.9. The van der Waals surface area contributed by atoms with E-state index in [0.717, 1.165) is 9.80 Å². The van der Waals surface area contributed by atoms with Gasteiger partial charge in [0, 0.05) is 21.1 Å². The minimum Gasteiger partial charge on any atom is -0.341 e. The van der Waals surface area contributed by atoms with Crippen LogP contribution < -0.4 is 37.4 Å². The standard InChI is InChI=1S/C13H27N9O5/c1-8(14-2)19-20-12(26)17-11(25)16-7-22(5)9(23)6-21(4)13(27)18-10(24)15-3/h8,14,19H,6-7H2,1-5H3,(H2,15,18,24,27)(H3,16,17,20,25,26). The topological polar surface area (TPSA) is 176 Å². The second-order valence-corrected chi connectivity index (χ2v) is 5.35. The summed E-state index contributed by atoms with van der Waals surface area (Å²) in [6, 6.07) is -3.07. The van der Waals surface area contributed by atoms with Crippen molar-refractivity contribution in [3.8, 4) is 0 Å². The van der Waals surface area contributed by atoms with E-state index in [-0.39, 0.29) is 19.4 Å². The molecule has 0 rings (SSSR count). The van der Waals surface area contributed by atoms with Gasteiger partial charge in [-0.15, -0.1) is 0 Å². The lowest BCUT2D eigenvalue weighted by molar-refractivity contribution is -0.130. The van der Waals surface area contributed by atoms with Crippen LogP contribution in [0, 0.1) is 0 Å². The van der Waals surface area contributed by atoms with E-state index >= 15 is 0 Å². The number of imide groups is 2. The summed E-state index contributed by atoms with van der Waals surface area (Å²) < 4.78 is 0. The molecule has 0 fully saturated rings. The van der Waals surface area contributed by atoms with Crippen molar-refractivity contribution >= 4 is 30.0 Å². The molecule has 9 amide bonds. The highest BCUT2D eigenvalue weighted by atomic mass is 16.2. The molecule has 0 aromatic carbocycles.